The fourth-order valence-corrected chi connectivity index (χ4v) is 2.71. The van der Waals surface area contributed by atoms with Gasteiger partial charge in [-0.05, 0) is 50.1 Å². The standard InChI is InChI=1S/C16H19NO4/c18-16(19)15-10-11-9-13(4-5-14(11)21-15)20-8-6-12-3-1-2-7-17-12/h4-5,9-10,12,17H,1-3,6-8H2,(H,18,19). The Labute approximate surface area is 122 Å². The highest BCUT2D eigenvalue weighted by Crippen LogP contribution is 2.24. The Morgan fingerprint density at radius 3 is 3.05 bits per heavy atom. The zero-order chi connectivity index (χ0) is 14.7. The summed E-state index contributed by atoms with van der Waals surface area (Å²) in [6.07, 6.45) is 4.76. The maximum atomic E-state index is 10.9. The van der Waals surface area contributed by atoms with Gasteiger partial charge in [0.1, 0.15) is 11.3 Å². The second kappa shape index (κ2) is 6.18. The summed E-state index contributed by atoms with van der Waals surface area (Å²) in [5.74, 6) is -0.360. The quantitative estimate of drug-likeness (QED) is 0.885. The molecule has 1 saturated heterocycles. The SMILES string of the molecule is O=C(O)c1cc2cc(OCCC3CCCCN3)ccc2o1. The summed E-state index contributed by atoms with van der Waals surface area (Å²) in [7, 11) is 0. The predicted molar refractivity (Wildman–Crippen MR) is 78.9 cm³/mol. The number of carboxylic acids is 1. The Kier molecular flexibility index (Phi) is 4.10. The number of hydrogen-bond acceptors (Lipinski definition) is 4. The monoisotopic (exact) mass is 289 g/mol. The van der Waals surface area contributed by atoms with Crippen molar-refractivity contribution < 1.29 is 19.1 Å². The zero-order valence-electron chi connectivity index (χ0n) is 11.8. The molecule has 2 N–H and O–H groups in total. The lowest BCUT2D eigenvalue weighted by atomic mass is 10.0. The Bertz CT molecular complexity index is 628. The van der Waals surface area contributed by atoms with Crippen LogP contribution in [0, 0.1) is 0 Å². The normalized spacial score (nSPS) is 18.8. The Morgan fingerprint density at radius 2 is 2.29 bits per heavy atom. The molecule has 21 heavy (non-hydrogen) atoms. The minimum atomic E-state index is -1.06. The molecular weight excluding hydrogens is 270 g/mol. The first-order valence-electron chi connectivity index (χ1n) is 7.35. The molecule has 0 radical (unpaired) electrons. The van der Waals surface area contributed by atoms with E-state index in [0.29, 0.717) is 18.2 Å². The molecule has 2 aromatic rings. The van der Waals surface area contributed by atoms with E-state index in [1.54, 1.807) is 6.07 Å². The van der Waals surface area contributed by atoms with Gasteiger partial charge in [-0.15, -0.1) is 0 Å². The maximum Gasteiger partial charge on any atom is 0.371 e. The summed E-state index contributed by atoms with van der Waals surface area (Å²) in [5, 5.41) is 13.2. The van der Waals surface area contributed by atoms with E-state index in [9.17, 15) is 4.79 Å². The number of rotatable bonds is 5. The number of fused-ring (bicyclic) bond motifs is 1. The van der Waals surface area contributed by atoms with Crippen LogP contribution in [-0.4, -0.2) is 30.3 Å². The molecule has 1 aliphatic heterocycles. The minimum absolute atomic E-state index is 0.0476. The van der Waals surface area contributed by atoms with Crippen molar-refractivity contribution >= 4 is 16.9 Å². The highest BCUT2D eigenvalue weighted by molar-refractivity contribution is 5.91. The van der Waals surface area contributed by atoms with E-state index >= 15 is 0 Å². The van der Waals surface area contributed by atoms with Crippen LogP contribution in [0.4, 0.5) is 0 Å². The van der Waals surface area contributed by atoms with Crippen molar-refractivity contribution in [3.05, 3.63) is 30.0 Å². The molecular formula is C16H19NO4. The van der Waals surface area contributed by atoms with Crippen LogP contribution in [0.15, 0.2) is 28.7 Å². The number of furan rings is 1. The molecule has 2 heterocycles. The Hall–Kier alpha value is -2.01. The number of hydrogen-bond donors (Lipinski definition) is 2. The molecule has 0 amide bonds. The summed E-state index contributed by atoms with van der Waals surface area (Å²) in [4.78, 5) is 10.9. The third-order valence-electron chi connectivity index (χ3n) is 3.85. The number of benzene rings is 1. The van der Waals surface area contributed by atoms with E-state index in [1.165, 1.54) is 25.3 Å². The van der Waals surface area contributed by atoms with Crippen LogP contribution in [0.1, 0.15) is 36.2 Å². The predicted octanol–water partition coefficient (Wildman–Crippen LogP) is 3.04. The van der Waals surface area contributed by atoms with Gasteiger partial charge < -0.3 is 19.6 Å². The van der Waals surface area contributed by atoms with Crippen LogP contribution in [0.25, 0.3) is 11.0 Å². The number of nitrogens with one attached hydrogen (secondary N) is 1. The van der Waals surface area contributed by atoms with Crippen LogP contribution >= 0.6 is 0 Å². The third kappa shape index (κ3) is 3.36. The van der Waals surface area contributed by atoms with Gasteiger partial charge in [0.25, 0.3) is 0 Å². The first-order chi connectivity index (χ1) is 10.2. The highest BCUT2D eigenvalue weighted by Gasteiger charge is 2.13. The van der Waals surface area contributed by atoms with E-state index in [4.69, 9.17) is 14.3 Å². The molecule has 5 heteroatoms. The average molecular weight is 289 g/mol. The van der Waals surface area contributed by atoms with E-state index < -0.39 is 5.97 Å². The van der Waals surface area contributed by atoms with Crippen LogP contribution in [-0.2, 0) is 0 Å². The molecule has 0 bridgehead atoms. The van der Waals surface area contributed by atoms with Gasteiger partial charge in [-0.2, -0.15) is 0 Å². The fourth-order valence-electron chi connectivity index (χ4n) is 2.71. The topological polar surface area (TPSA) is 71.7 Å². The van der Waals surface area contributed by atoms with Crippen molar-refractivity contribution in [3.8, 4) is 5.75 Å². The molecule has 1 aliphatic rings. The second-order valence-electron chi connectivity index (χ2n) is 5.40. The number of aromatic carboxylic acids is 1. The number of ether oxygens (including phenoxy) is 1. The smallest absolute Gasteiger partial charge is 0.371 e. The molecule has 0 saturated carbocycles. The van der Waals surface area contributed by atoms with Gasteiger partial charge in [0.05, 0.1) is 6.61 Å². The number of carboxylic acid groups (broad SMARTS) is 1. The number of carbonyl (C=O) groups is 1. The molecule has 3 rings (SSSR count). The van der Waals surface area contributed by atoms with Crippen molar-refractivity contribution in [2.24, 2.45) is 0 Å². The van der Waals surface area contributed by atoms with E-state index in [-0.39, 0.29) is 5.76 Å². The van der Waals surface area contributed by atoms with Crippen LogP contribution in [0.3, 0.4) is 0 Å². The lowest BCUT2D eigenvalue weighted by molar-refractivity contribution is 0.0665. The summed E-state index contributed by atoms with van der Waals surface area (Å²) >= 11 is 0. The largest absolute Gasteiger partial charge is 0.494 e. The van der Waals surface area contributed by atoms with Crippen molar-refractivity contribution in [3.63, 3.8) is 0 Å². The first kappa shape index (κ1) is 13.9. The Morgan fingerprint density at radius 1 is 1.38 bits per heavy atom. The second-order valence-corrected chi connectivity index (χ2v) is 5.40. The molecule has 112 valence electrons. The van der Waals surface area contributed by atoms with Gasteiger partial charge in [-0.1, -0.05) is 6.42 Å². The molecule has 1 unspecified atom stereocenters. The summed E-state index contributed by atoms with van der Waals surface area (Å²) < 4.78 is 11.0. The van der Waals surface area contributed by atoms with E-state index in [2.05, 4.69) is 5.32 Å². The fraction of sp³-hybridized carbons (Fsp3) is 0.438. The molecule has 5 nitrogen and oxygen atoms in total. The Balaban J connectivity index is 1.60. The molecule has 0 aliphatic carbocycles. The summed E-state index contributed by atoms with van der Waals surface area (Å²) in [5.41, 5.74) is 0.564. The van der Waals surface area contributed by atoms with Gasteiger partial charge >= 0.3 is 5.97 Å². The van der Waals surface area contributed by atoms with Crippen molar-refractivity contribution in [1.82, 2.24) is 5.32 Å². The van der Waals surface area contributed by atoms with Gasteiger partial charge in [0, 0.05) is 11.4 Å². The van der Waals surface area contributed by atoms with Crippen LogP contribution in [0.2, 0.25) is 0 Å². The first-order valence-corrected chi connectivity index (χ1v) is 7.35. The average Bonchev–Trinajstić information content (AvgIpc) is 2.92. The molecule has 0 spiro atoms. The van der Waals surface area contributed by atoms with Crippen LogP contribution in [0.5, 0.6) is 5.75 Å². The van der Waals surface area contributed by atoms with Gasteiger partial charge in [0.15, 0.2) is 0 Å². The maximum absolute atomic E-state index is 10.9. The van der Waals surface area contributed by atoms with E-state index in [1.807, 2.05) is 12.1 Å². The van der Waals surface area contributed by atoms with Crippen molar-refractivity contribution in [1.29, 1.82) is 0 Å². The molecule has 1 aromatic carbocycles. The third-order valence-corrected chi connectivity index (χ3v) is 3.85. The lowest BCUT2D eigenvalue weighted by Crippen LogP contribution is -2.35. The van der Waals surface area contributed by atoms with E-state index in [0.717, 1.165) is 24.1 Å². The number of piperidine rings is 1. The highest BCUT2D eigenvalue weighted by atomic mass is 16.5. The molecule has 1 aromatic heterocycles. The van der Waals surface area contributed by atoms with Crippen molar-refractivity contribution in [2.75, 3.05) is 13.2 Å². The lowest BCUT2D eigenvalue weighted by Gasteiger charge is -2.23. The summed E-state index contributed by atoms with van der Waals surface area (Å²) in [6, 6.07) is 7.45. The minimum Gasteiger partial charge on any atom is -0.494 e. The van der Waals surface area contributed by atoms with Gasteiger partial charge in [-0.25, -0.2) is 4.79 Å². The molecule has 1 fully saturated rings. The van der Waals surface area contributed by atoms with Crippen LogP contribution < -0.4 is 10.1 Å². The van der Waals surface area contributed by atoms with Gasteiger partial charge in [-0.3, -0.25) is 0 Å². The van der Waals surface area contributed by atoms with Gasteiger partial charge in [0.2, 0.25) is 5.76 Å². The summed E-state index contributed by atoms with van der Waals surface area (Å²) in [6.45, 7) is 1.76. The zero-order valence-corrected chi connectivity index (χ0v) is 11.8. The molecule has 1 atom stereocenters. The van der Waals surface area contributed by atoms with Crippen molar-refractivity contribution in [2.45, 2.75) is 31.7 Å².